The second-order valence-electron chi connectivity index (χ2n) is 8.68. The van der Waals surface area contributed by atoms with Crippen LogP contribution in [0.2, 0.25) is 0 Å². The van der Waals surface area contributed by atoms with Crippen LogP contribution in [0.5, 0.6) is 5.75 Å². The lowest BCUT2D eigenvalue weighted by Crippen LogP contribution is -2.43. The third kappa shape index (κ3) is 4.54. The molecular formula is C25H27N11O. The van der Waals surface area contributed by atoms with Gasteiger partial charge in [-0.15, -0.1) is 5.10 Å². The lowest BCUT2D eigenvalue weighted by Gasteiger charge is -2.28. The molecule has 0 atom stereocenters. The zero-order chi connectivity index (χ0) is 25.2. The summed E-state index contributed by atoms with van der Waals surface area (Å²) < 4.78 is 8.81. The molecule has 5 heterocycles. The summed E-state index contributed by atoms with van der Waals surface area (Å²) in [5.41, 5.74) is 4.04. The zero-order valence-electron chi connectivity index (χ0n) is 20.7. The van der Waals surface area contributed by atoms with Gasteiger partial charge in [0.25, 0.3) is 0 Å². The fraction of sp³-hybridized carbons (Fsp3) is 0.280. The van der Waals surface area contributed by atoms with Crippen LogP contribution in [-0.4, -0.2) is 80.1 Å². The van der Waals surface area contributed by atoms with E-state index in [2.05, 4.69) is 47.9 Å². The minimum atomic E-state index is 0.402. The standard InChI is InChI=1S/C25H27N11O/c1-26-25-29-14-21-23(17-3-8-22(28-13-17)34-11-9-27-10-12-34)32-36(24(21)30-25)16-18-15-35(33-31-18)19-4-6-20(37-2)7-5-19/h3-8,13-15,27H,9-12,16H2,1-2H3,(H,26,29,30). The Balaban J connectivity index is 1.32. The summed E-state index contributed by atoms with van der Waals surface area (Å²) in [5.74, 6) is 2.28. The first kappa shape index (κ1) is 22.9. The molecule has 6 rings (SSSR count). The van der Waals surface area contributed by atoms with Crippen molar-refractivity contribution in [3.8, 4) is 22.7 Å². The third-order valence-corrected chi connectivity index (χ3v) is 6.36. The highest BCUT2D eigenvalue weighted by Crippen LogP contribution is 2.28. The molecule has 1 aromatic carbocycles. The molecule has 1 aliphatic heterocycles. The summed E-state index contributed by atoms with van der Waals surface area (Å²) in [6, 6.07) is 11.8. The molecule has 1 fully saturated rings. The van der Waals surface area contributed by atoms with E-state index >= 15 is 0 Å². The van der Waals surface area contributed by atoms with Gasteiger partial charge in [0.1, 0.15) is 23.0 Å². The first-order valence-electron chi connectivity index (χ1n) is 12.1. The zero-order valence-corrected chi connectivity index (χ0v) is 20.7. The summed E-state index contributed by atoms with van der Waals surface area (Å²) in [5, 5.41) is 20.8. The van der Waals surface area contributed by atoms with Crippen LogP contribution in [0.15, 0.2) is 55.0 Å². The molecule has 5 aromatic rings. The van der Waals surface area contributed by atoms with Crippen LogP contribution in [0.25, 0.3) is 28.0 Å². The van der Waals surface area contributed by atoms with Gasteiger partial charge in [0.2, 0.25) is 5.95 Å². The van der Waals surface area contributed by atoms with Crippen LogP contribution in [0.4, 0.5) is 11.8 Å². The van der Waals surface area contributed by atoms with Gasteiger partial charge in [0.05, 0.1) is 30.9 Å². The van der Waals surface area contributed by atoms with E-state index in [1.54, 1.807) is 25.0 Å². The fourth-order valence-corrected chi connectivity index (χ4v) is 4.40. The van der Waals surface area contributed by atoms with Crippen LogP contribution < -0.4 is 20.3 Å². The summed E-state index contributed by atoms with van der Waals surface area (Å²) in [7, 11) is 3.44. The number of piperazine rings is 1. The van der Waals surface area contributed by atoms with Crippen LogP contribution >= 0.6 is 0 Å². The predicted molar refractivity (Wildman–Crippen MR) is 140 cm³/mol. The Morgan fingerprint density at radius 2 is 1.86 bits per heavy atom. The maximum Gasteiger partial charge on any atom is 0.224 e. The first-order chi connectivity index (χ1) is 18.2. The number of fused-ring (bicyclic) bond motifs is 1. The monoisotopic (exact) mass is 497 g/mol. The summed E-state index contributed by atoms with van der Waals surface area (Å²) >= 11 is 0. The van der Waals surface area contributed by atoms with E-state index in [-0.39, 0.29) is 0 Å². The van der Waals surface area contributed by atoms with Crippen LogP contribution in [-0.2, 0) is 6.54 Å². The lowest BCUT2D eigenvalue weighted by molar-refractivity contribution is 0.414. The quantitative estimate of drug-likeness (QED) is 0.345. The van der Waals surface area contributed by atoms with Crippen molar-refractivity contribution >= 4 is 22.8 Å². The van der Waals surface area contributed by atoms with E-state index in [0.29, 0.717) is 18.1 Å². The predicted octanol–water partition coefficient (Wildman–Crippen LogP) is 1.98. The summed E-state index contributed by atoms with van der Waals surface area (Å²) in [6.45, 7) is 4.22. The lowest BCUT2D eigenvalue weighted by atomic mass is 10.1. The highest BCUT2D eigenvalue weighted by Gasteiger charge is 2.18. The SMILES string of the molecule is CNc1ncc2c(-c3ccc(N4CCNCC4)nc3)nn(Cc3cn(-c4ccc(OC)cc4)nn3)c2n1. The summed E-state index contributed by atoms with van der Waals surface area (Å²) in [6.07, 6.45) is 5.56. The number of hydrogen-bond acceptors (Lipinski definition) is 10. The Kier molecular flexibility index (Phi) is 6.06. The second-order valence-corrected chi connectivity index (χ2v) is 8.68. The van der Waals surface area contributed by atoms with Crippen molar-refractivity contribution in [2.45, 2.75) is 6.54 Å². The van der Waals surface area contributed by atoms with E-state index in [1.807, 2.05) is 41.3 Å². The molecule has 37 heavy (non-hydrogen) atoms. The maximum absolute atomic E-state index is 5.24. The maximum atomic E-state index is 5.24. The van der Waals surface area contributed by atoms with Gasteiger partial charge < -0.3 is 20.3 Å². The van der Waals surface area contributed by atoms with Crippen molar-refractivity contribution in [3.05, 3.63) is 60.7 Å². The molecule has 0 saturated carbocycles. The molecule has 12 heteroatoms. The largest absolute Gasteiger partial charge is 0.497 e. The van der Waals surface area contributed by atoms with Crippen LogP contribution in [0.1, 0.15) is 5.69 Å². The van der Waals surface area contributed by atoms with Gasteiger partial charge in [0, 0.05) is 51.2 Å². The van der Waals surface area contributed by atoms with Gasteiger partial charge in [-0.25, -0.2) is 19.3 Å². The molecule has 0 amide bonds. The molecule has 2 N–H and O–H groups in total. The molecular weight excluding hydrogens is 470 g/mol. The van der Waals surface area contributed by atoms with Crippen molar-refractivity contribution in [2.24, 2.45) is 0 Å². The molecule has 1 saturated heterocycles. The average molecular weight is 498 g/mol. The van der Waals surface area contributed by atoms with Gasteiger partial charge in [-0.3, -0.25) is 0 Å². The fourth-order valence-electron chi connectivity index (χ4n) is 4.40. The van der Waals surface area contributed by atoms with Crippen molar-refractivity contribution in [1.29, 1.82) is 0 Å². The Labute approximate surface area is 213 Å². The molecule has 0 spiro atoms. The Hall–Kier alpha value is -4.58. The highest BCUT2D eigenvalue weighted by molar-refractivity contribution is 5.91. The van der Waals surface area contributed by atoms with Gasteiger partial charge in [-0.1, -0.05) is 5.21 Å². The van der Waals surface area contributed by atoms with Crippen molar-refractivity contribution in [1.82, 2.24) is 45.0 Å². The van der Waals surface area contributed by atoms with Crippen LogP contribution in [0, 0.1) is 0 Å². The van der Waals surface area contributed by atoms with Gasteiger partial charge in [-0.2, -0.15) is 10.1 Å². The third-order valence-electron chi connectivity index (χ3n) is 6.36. The minimum absolute atomic E-state index is 0.402. The second kappa shape index (κ2) is 9.82. The Morgan fingerprint density at radius 1 is 1.03 bits per heavy atom. The Morgan fingerprint density at radius 3 is 2.59 bits per heavy atom. The average Bonchev–Trinajstić information content (AvgIpc) is 3.58. The Bertz CT molecular complexity index is 1500. The van der Waals surface area contributed by atoms with E-state index in [1.165, 1.54) is 0 Å². The number of aromatic nitrogens is 8. The number of anilines is 2. The number of nitrogens with zero attached hydrogens (tertiary/aromatic N) is 9. The van der Waals surface area contributed by atoms with Gasteiger partial charge in [-0.05, 0) is 36.4 Å². The highest BCUT2D eigenvalue weighted by atomic mass is 16.5. The molecule has 1 aliphatic rings. The number of benzene rings is 1. The molecule has 0 bridgehead atoms. The molecule has 12 nitrogen and oxygen atoms in total. The van der Waals surface area contributed by atoms with E-state index in [4.69, 9.17) is 14.8 Å². The minimum Gasteiger partial charge on any atom is -0.497 e. The number of nitrogens with one attached hydrogen (secondary N) is 2. The van der Waals surface area contributed by atoms with E-state index < -0.39 is 0 Å². The smallest absolute Gasteiger partial charge is 0.224 e. The molecule has 0 aliphatic carbocycles. The van der Waals surface area contributed by atoms with Crippen molar-refractivity contribution in [3.63, 3.8) is 0 Å². The topological polar surface area (TPSA) is 124 Å². The van der Waals surface area contributed by atoms with Gasteiger partial charge in [0.15, 0.2) is 5.65 Å². The number of pyridine rings is 1. The number of ether oxygens (including phenoxy) is 1. The van der Waals surface area contributed by atoms with Gasteiger partial charge >= 0.3 is 0 Å². The normalized spacial score (nSPS) is 13.7. The first-order valence-corrected chi connectivity index (χ1v) is 12.1. The van der Waals surface area contributed by atoms with Crippen LogP contribution in [0.3, 0.4) is 0 Å². The summed E-state index contributed by atoms with van der Waals surface area (Å²) in [4.78, 5) is 16.1. The van der Waals surface area contributed by atoms with Crippen molar-refractivity contribution in [2.75, 3.05) is 50.6 Å². The number of hydrogen-bond donors (Lipinski definition) is 2. The van der Waals surface area contributed by atoms with E-state index in [0.717, 1.165) is 65.8 Å². The van der Waals surface area contributed by atoms with E-state index in [9.17, 15) is 0 Å². The number of methoxy groups -OCH3 is 1. The molecule has 0 unspecified atom stereocenters. The number of rotatable bonds is 7. The molecule has 4 aromatic heterocycles. The molecule has 188 valence electrons. The van der Waals surface area contributed by atoms with Crippen molar-refractivity contribution < 1.29 is 4.74 Å². The molecule has 0 radical (unpaired) electrons.